The van der Waals surface area contributed by atoms with E-state index in [1.165, 1.54) is 27.7 Å². The van der Waals surface area contributed by atoms with E-state index < -0.39 is 113 Å². The fourth-order valence-corrected chi connectivity index (χ4v) is 4.31. The SMILES string of the molecule is CC(=O)OC[C@H](F)C1OC(OP(=O)(OCOC(=O)C(C)C)OCOC(=O)C(C)C)C(OC(C)=O)C(OC(C)=O)C1OC(C)=O. The summed E-state index contributed by atoms with van der Waals surface area (Å²) in [5.41, 5.74) is 0. The van der Waals surface area contributed by atoms with E-state index >= 15 is 4.39 Å². The van der Waals surface area contributed by atoms with Crippen molar-refractivity contribution in [3.63, 3.8) is 0 Å². The number of carbonyl (C=O) groups is 6. The Bertz CT molecular complexity index is 1050. The van der Waals surface area contributed by atoms with E-state index in [-0.39, 0.29) is 0 Å². The van der Waals surface area contributed by atoms with Crippen molar-refractivity contribution in [2.24, 2.45) is 11.8 Å². The van der Waals surface area contributed by atoms with Gasteiger partial charge < -0.3 is 33.2 Å². The van der Waals surface area contributed by atoms with Crippen LogP contribution in [-0.2, 0) is 80.1 Å². The fourth-order valence-electron chi connectivity index (χ4n) is 3.33. The molecule has 0 radical (unpaired) electrons. The Hall–Kier alpha value is -3.18. The first-order valence-corrected chi connectivity index (χ1v) is 14.7. The van der Waals surface area contributed by atoms with Gasteiger partial charge in [0, 0.05) is 27.7 Å². The Labute approximate surface area is 252 Å². The third kappa shape index (κ3) is 13.2. The summed E-state index contributed by atoms with van der Waals surface area (Å²) in [6, 6.07) is 0. The van der Waals surface area contributed by atoms with E-state index in [1.54, 1.807) is 0 Å². The lowest BCUT2D eigenvalue weighted by Crippen LogP contribution is -2.64. The molecule has 1 saturated heterocycles. The lowest BCUT2D eigenvalue weighted by Gasteiger charge is -2.45. The summed E-state index contributed by atoms with van der Waals surface area (Å²) in [5, 5.41) is 0. The molecule has 252 valence electrons. The molecule has 0 bridgehead atoms. The molecule has 17 nitrogen and oxygen atoms in total. The Balaban J connectivity index is 3.55. The van der Waals surface area contributed by atoms with E-state index in [0.717, 1.165) is 27.7 Å². The van der Waals surface area contributed by atoms with E-state index in [9.17, 15) is 33.3 Å². The maximum Gasteiger partial charge on any atom is 0.483 e. The van der Waals surface area contributed by atoms with Crippen LogP contribution in [0.5, 0.6) is 0 Å². The third-order valence-corrected chi connectivity index (χ3v) is 6.55. The Morgan fingerprint density at radius 1 is 0.682 bits per heavy atom. The van der Waals surface area contributed by atoms with Crippen molar-refractivity contribution in [3.05, 3.63) is 0 Å². The first kappa shape index (κ1) is 38.8. The second-order valence-electron chi connectivity index (χ2n) is 9.79. The van der Waals surface area contributed by atoms with Gasteiger partial charge in [0.05, 0.1) is 11.8 Å². The molecule has 0 aromatic rings. The average molecular weight is 661 g/mol. The van der Waals surface area contributed by atoms with Crippen molar-refractivity contribution in [3.8, 4) is 0 Å². The Morgan fingerprint density at radius 2 is 1.11 bits per heavy atom. The van der Waals surface area contributed by atoms with Gasteiger partial charge >= 0.3 is 43.6 Å². The number of esters is 6. The molecule has 0 saturated carbocycles. The number of hydrogen-bond acceptors (Lipinski definition) is 17. The predicted octanol–water partition coefficient (Wildman–Crippen LogP) is 1.88. The van der Waals surface area contributed by atoms with Crippen LogP contribution in [0.3, 0.4) is 0 Å². The first-order valence-electron chi connectivity index (χ1n) is 13.2. The van der Waals surface area contributed by atoms with Crippen molar-refractivity contribution in [1.82, 2.24) is 0 Å². The number of phosphoric acid groups is 1. The molecule has 1 heterocycles. The van der Waals surface area contributed by atoms with Gasteiger partial charge in [-0.2, -0.15) is 0 Å². The van der Waals surface area contributed by atoms with Crippen LogP contribution in [0.25, 0.3) is 0 Å². The second kappa shape index (κ2) is 17.9. The molecule has 0 spiro atoms. The summed E-state index contributed by atoms with van der Waals surface area (Å²) in [5.74, 6) is -6.73. The average Bonchev–Trinajstić information content (AvgIpc) is 2.89. The van der Waals surface area contributed by atoms with Crippen LogP contribution in [-0.4, -0.2) is 92.9 Å². The van der Waals surface area contributed by atoms with Crippen molar-refractivity contribution in [2.45, 2.75) is 92.3 Å². The molecule has 0 amide bonds. The van der Waals surface area contributed by atoms with Crippen molar-refractivity contribution in [2.75, 3.05) is 20.2 Å². The minimum Gasteiger partial charge on any atom is -0.463 e. The minimum atomic E-state index is -5.06. The maximum absolute atomic E-state index is 15.4. The first-order chi connectivity index (χ1) is 20.4. The van der Waals surface area contributed by atoms with Gasteiger partial charge in [-0.05, 0) is 0 Å². The summed E-state index contributed by atoms with van der Waals surface area (Å²) in [6.45, 7) is 6.79. The largest absolute Gasteiger partial charge is 0.483 e. The second-order valence-corrected chi connectivity index (χ2v) is 11.4. The number of hydrogen-bond donors (Lipinski definition) is 0. The monoisotopic (exact) mass is 660 g/mol. The zero-order chi connectivity index (χ0) is 33.8. The molecule has 1 aliphatic rings. The predicted molar refractivity (Wildman–Crippen MR) is 139 cm³/mol. The topological polar surface area (TPSA) is 212 Å². The van der Waals surface area contributed by atoms with Gasteiger partial charge in [-0.3, -0.25) is 33.3 Å². The zero-order valence-corrected chi connectivity index (χ0v) is 26.4. The van der Waals surface area contributed by atoms with Gasteiger partial charge in [0.25, 0.3) is 0 Å². The normalized spacial score (nSPS) is 22.5. The van der Waals surface area contributed by atoms with Crippen molar-refractivity contribution in [1.29, 1.82) is 0 Å². The third-order valence-electron chi connectivity index (χ3n) is 5.24. The van der Waals surface area contributed by atoms with E-state index in [2.05, 4.69) is 4.74 Å². The quantitative estimate of drug-likeness (QED) is 0.100. The van der Waals surface area contributed by atoms with Crippen LogP contribution in [0.1, 0.15) is 55.4 Å². The van der Waals surface area contributed by atoms with Gasteiger partial charge in [-0.25, -0.2) is 18.0 Å². The van der Waals surface area contributed by atoms with Crippen LogP contribution in [0, 0.1) is 11.8 Å². The van der Waals surface area contributed by atoms with Gasteiger partial charge in [0.1, 0.15) is 12.7 Å². The lowest BCUT2D eigenvalue weighted by molar-refractivity contribution is -0.297. The van der Waals surface area contributed by atoms with Gasteiger partial charge in [0.15, 0.2) is 24.5 Å². The summed E-state index contributed by atoms with van der Waals surface area (Å²) in [6.07, 6.45) is -12.0. The van der Waals surface area contributed by atoms with Crippen LogP contribution in [0.15, 0.2) is 0 Å². The zero-order valence-electron chi connectivity index (χ0n) is 25.5. The number of carbonyl (C=O) groups excluding carboxylic acids is 6. The van der Waals surface area contributed by atoms with E-state index in [0.29, 0.717) is 0 Å². The van der Waals surface area contributed by atoms with Crippen molar-refractivity contribution < 1.29 is 84.5 Å². The summed E-state index contributed by atoms with van der Waals surface area (Å²) in [4.78, 5) is 71.0. The number of rotatable bonds is 16. The highest BCUT2D eigenvalue weighted by Crippen LogP contribution is 2.52. The molecule has 6 atom stereocenters. The highest BCUT2D eigenvalue weighted by Gasteiger charge is 2.57. The van der Waals surface area contributed by atoms with Crippen LogP contribution in [0.4, 0.5) is 4.39 Å². The Kier molecular flexibility index (Phi) is 15.8. The van der Waals surface area contributed by atoms with Crippen LogP contribution in [0.2, 0.25) is 0 Å². The number of halogens is 1. The Morgan fingerprint density at radius 3 is 1.52 bits per heavy atom. The molecule has 0 aromatic heterocycles. The molecular weight excluding hydrogens is 622 g/mol. The highest BCUT2D eigenvalue weighted by atomic mass is 31.2. The number of ether oxygens (including phenoxy) is 7. The molecule has 44 heavy (non-hydrogen) atoms. The van der Waals surface area contributed by atoms with Gasteiger partial charge in [0.2, 0.25) is 19.9 Å². The van der Waals surface area contributed by atoms with E-state index in [1.807, 2.05) is 0 Å². The molecular formula is C25H38FO17P. The van der Waals surface area contributed by atoms with Gasteiger partial charge in [-0.1, -0.05) is 27.7 Å². The van der Waals surface area contributed by atoms with Crippen LogP contribution >= 0.6 is 7.82 Å². The molecule has 19 heteroatoms. The lowest BCUT2D eigenvalue weighted by atomic mass is 9.95. The van der Waals surface area contributed by atoms with Crippen molar-refractivity contribution >= 4 is 43.6 Å². The molecule has 5 unspecified atom stereocenters. The molecule has 1 fully saturated rings. The van der Waals surface area contributed by atoms with Crippen LogP contribution < -0.4 is 0 Å². The molecule has 1 rings (SSSR count). The summed E-state index contributed by atoms with van der Waals surface area (Å²) in [7, 11) is -5.06. The summed E-state index contributed by atoms with van der Waals surface area (Å²) >= 11 is 0. The smallest absolute Gasteiger partial charge is 0.463 e. The highest BCUT2D eigenvalue weighted by molar-refractivity contribution is 7.48. The van der Waals surface area contributed by atoms with E-state index in [4.69, 9.17) is 42.0 Å². The van der Waals surface area contributed by atoms with Gasteiger partial charge in [-0.15, -0.1) is 0 Å². The molecule has 0 aromatic carbocycles. The maximum atomic E-state index is 15.4. The fraction of sp³-hybridized carbons (Fsp3) is 0.760. The number of alkyl halides is 1. The minimum absolute atomic E-state index is 0.621. The standard InChI is InChI=1S/C25H38FO17P/c1-12(2)23(31)35-10-37-44(33,38-11-36-24(32)13(3)4)43-25-22(41-17(8)30)21(40-16(7)29)20(39-15(6)28)19(42-25)18(26)9-34-14(5)27/h12-13,18-22,25H,9-11H2,1-8H3/t18-,19?,20?,21?,22?,25?/m0/s1. The molecule has 0 N–H and O–H groups in total. The number of phosphoric ester groups is 1. The summed E-state index contributed by atoms with van der Waals surface area (Å²) < 4.78 is 80.0. The molecule has 0 aliphatic carbocycles. The molecule has 1 aliphatic heterocycles.